The molecular formula is C4H4O2S3. The summed E-state index contributed by atoms with van der Waals surface area (Å²) in [7, 11) is 0. The van der Waals surface area contributed by atoms with Crippen molar-refractivity contribution in [2.75, 3.05) is 0 Å². The minimum Gasteiger partial charge on any atom is -0.302 e. The molecule has 1 atom stereocenters. The Balaban J connectivity index is 3.08. The van der Waals surface area contributed by atoms with Crippen LogP contribution in [0.15, 0.2) is 20.6 Å². The molecule has 50 valence electrons. The summed E-state index contributed by atoms with van der Waals surface area (Å²) in [5.41, 5.74) is 0. The molecular weight excluding hydrogens is 176 g/mol. The fraction of sp³-hybridized carbons (Fsp3) is 0. The molecule has 1 aromatic rings. The largest absolute Gasteiger partial charge is 0.302 e. The first kappa shape index (κ1) is 7.27. The van der Waals surface area contributed by atoms with Gasteiger partial charge < -0.3 is 4.55 Å². The number of thiophene rings is 1. The average Bonchev–Trinajstić information content (AvgIpc) is 2.13. The maximum absolute atomic E-state index is 10.4. The lowest BCUT2D eigenvalue weighted by Gasteiger charge is -1.86. The number of rotatable bonds is 1. The van der Waals surface area contributed by atoms with Crippen LogP contribution in [-0.4, -0.2) is 8.76 Å². The van der Waals surface area contributed by atoms with Crippen LogP contribution in [0.2, 0.25) is 0 Å². The monoisotopic (exact) mass is 180 g/mol. The lowest BCUT2D eigenvalue weighted by Crippen LogP contribution is -1.84. The summed E-state index contributed by atoms with van der Waals surface area (Å²) in [6.45, 7) is 0. The van der Waals surface area contributed by atoms with E-state index in [9.17, 15) is 4.21 Å². The second kappa shape index (κ2) is 2.83. The third-order valence-electron chi connectivity index (χ3n) is 0.795. The Labute approximate surface area is 64.6 Å². The zero-order chi connectivity index (χ0) is 6.85. The average molecular weight is 180 g/mol. The maximum Gasteiger partial charge on any atom is 0.188 e. The van der Waals surface area contributed by atoms with Crippen molar-refractivity contribution in [3.63, 3.8) is 0 Å². The zero-order valence-electron chi connectivity index (χ0n) is 4.27. The van der Waals surface area contributed by atoms with Crippen LogP contribution in [0, 0.1) is 0 Å². The van der Waals surface area contributed by atoms with Crippen molar-refractivity contribution in [3.05, 3.63) is 10.8 Å². The molecule has 0 saturated carbocycles. The van der Waals surface area contributed by atoms with Gasteiger partial charge in [0.25, 0.3) is 0 Å². The Hall–Kier alpha value is 0.160. The number of hydrogen-bond donors (Lipinski definition) is 2. The van der Waals surface area contributed by atoms with E-state index in [4.69, 9.17) is 4.55 Å². The molecule has 0 aliphatic heterocycles. The molecule has 1 heterocycles. The van der Waals surface area contributed by atoms with Gasteiger partial charge in [0.05, 0.1) is 4.90 Å². The highest BCUT2D eigenvalue weighted by Gasteiger charge is 2.03. The molecule has 9 heavy (non-hydrogen) atoms. The Morgan fingerprint density at radius 2 is 2.33 bits per heavy atom. The van der Waals surface area contributed by atoms with Gasteiger partial charge in [0.2, 0.25) is 0 Å². The third kappa shape index (κ3) is 1.54. The first-order valence-electron chi connectivity index (χ1n) is 2.08. The zero-order valence-corrected chi connectivity index (χ0v) is 6.80. The number of thiol groups is 1. The molecule has 5 heteroatoms. The van der Waals surface area contributed by atoms with Crippen molar-refractivity contribution >= 4 is 35.0 Å². The van der Waals surface area contributed by atoms with Gasteiger partial charge in [0, 0.05) is 15.7 Å². The normalized spacial score (nSPS) is 13.6. The molecule has 0 bridgehead atoms. The Kier molecular flexibility index (Phi) is 2.29. The first-order valence-corrected chi connectivity index (χ1v) is 4.57. The van der Waals surface area contributed by atoms with Gasteiger partial charge in [-0.3, -0.25) is 0 Å². The van der Waals surface area contributed by atoms with E-state index in [0.717, 1.165) is 0 Å². The summed E-state index contributed by atoms with van der Waals surface area (Å²) >= 11 is 3.44. The van der Waals surface area contributed by atoms with Crippen LogP contribution in [-0.2, 0) is 11.1 Å². The van der Waals surface area contributed by atoms with Crippen molar-refractivity contribution in [2.45, 2.75) is 9.79 Å². The van der Waals surface area contributed by atoms with E-state index in [1.807, 2.05) is 0 Å². The van der Waals surface area contributed by atoms with Crippen molar-refractivity contribution in [1.82, 2.24) is 0 Å². The van der Waals surface area contributed by atoms with Crippen LogP contribution in [0.3, 0.4) is 0 Å². The molecule has 1 rings (SSSR count). The third-order valence-corrected chi connectivity index (χ3v) is 3.10. The van der Waals surface area contributed by atoms with Crippen molar-refractivity contribution in [2.24, 2.45) is 0 Å². The van der Waals surface area contributed by atoms with E-state index in [0.29, 0.717) is 9.79 Å². The molecule has 0 fully saturated rings. The molecule has 0 saturated heterocycles. The molecule has 2 nitrogen and oxygen atoms in total. The molecule has 0 amide bonds. The topological polar surface area (TPSA) is 37.3 Å². The van der Waals surface area contributed by atoms with Crippen LogP contribution in [0.1, 0.15) is 0 Å². The van der Waals surface area contributed by atoms with Crippen molar-refractivity contribution in [1.29, 1.82) is 0 Å². The van der Waals surface area contributed by atoms with Gasteiger partial charge in [-0.1, -0.05) is 0 Å². The van der Waals surface area contributed by atoms with Crippen LogP contribution in [0.25, 0.3) is 0 Å². The SMILES string of the molecule is O=S(O)c1cscc1S. The summed E-state index contributed by atoms with van der Waals surface area (Å²) in [6.07, 6.45) is 0. The lowest BCUT2D eigenvalue weighted by atomic mass is 10.7. The highest BCUT2D eigenvalue weighted by atomic mass is 32.2. The van der Waals surface area contributed by atoms with Gasteiger partial charge in [-0.2, -0.15) is 0 Å². The summed E-state index contributed by atoms with van der Waals surface area (Å²) in [5, 5.41) is 3.32. The standard InChI is InChI=1S/C4H4O2S3/c5-9(6)4-2-8-1-3(4)7/h1-2,7H,(H,5,6). The molecule has 1 N–H and O–H groups in total. The van der Waals surface area contributed by atoms with E-state index in [1.54, 1.807) is 10.8 Å². The fourth-order valence-electron chi connectivity index (χ4n) is 0.409. The van der Waals surface area contributed by atoms with Crippen LogP contribution in [0.4, 0.5) is 0 Å². The van der Waals surface area contributed by atoms with E-state index in [2.05, 4.69) is 12.6 Å². The highest BCUT2D eigenvalue weighted by molar-refractivity contribution is 7.83. The molecule has 0 spiro atoms. The summed E-state index contributed by atoms with van der Waals surface area (Å²) in [4.78, 5) is 0.976. The van der Waals surface area contributed by atoms with Crippen LogP contribution < -0.4 is 0 Å². The molecule has 1 unspecified atom stereocenters. The van der Waals surface area contributed by atoms with Crippen LogP contribution >= 0.6 is 24.0 Å². The molecule has 0 aliphatic carbocycles. The summed E-state index contributed by atoms with van der Waals surface area (Å²) < 4.78 is 18.9. The van der Waals surface area contributed by atoms with Gasteiger partial charge in [-0.25, -0.2) is 4.21 Å². The van der Waals surface area contributed by atoms with Gasteiger partial charge in [0.1, 0.15) is 0 Å². The summed E-state index contributed by atoms with van der Waals surface area (Å²) in [6, 6.07) is 0. The molecule has 0 aromatic carbocycles. The van der Waals surface area contributed by atoms with E-state index in [-0.39, 0.29) is 0 Å². The second-order valence-corrected chi connectivity index (χ2v) is 3.53. The molecule has 0 aliphatic rings. The van der Waals surface area contributed by atoms with E-state index < -0.39 is 11.1 Å². The maximum atomic E-state index is 10.4. The van der Waals surface area contributed by atoms with E-state index in [1.165, 1.54) is 11.3 Å². The predicted molar refractivity (Wildman–Crippen MR) is 40.6 cm³/mol. The first-order chi connectivity index (χ1) is 4.22. The van der Waals surface area contributed by atoms with Gasteiger partial charge in [-0.05, 0) is 0 Å². The van der Waals surface area contributed by atoms with Gasteiger partial charge >= 0.3 is 0 Å². The second-order valence-electron chi connectivity index (χ2n) is 1.37. The smallest absolute Gasteiger partial charge is 0.188 e. The van der Waals surface area contributed by atoms with Gasteiger partial charge in [-0.15, -0.1) is 24.0 Å². The minimum atomic E-state index is -1.88. The number of hydrogen-bond acceptors (Lipinski definition) is 3. The van der Waals surface area contributed by atoms with Gasteiger partial charge in [0.15, 0.2) is 11.1 Å². The molecule has 0 radical (unpaired) electrons. The Bertz CT molecular complexity index is 229. The summed E-state index contributed by atoms with van der Waals surface area (Å²) in [5.74, 6) is 0. The lowest BCUT2D eigenvalue weighted by molar-refractivity contribution is 0.563. The highest BCUT2D eigenvalue weighted by Crippen LogP contribution is 2.20. The molecule has 1 aromatic heterocycles. The van der Waals surface area contributed by atoms with E-state index >= 15 is 0 Å². The minimum absolute atomic E-state index is 0.392. The fourth-order valence-corrected chi connectivity index (χ4v) is 2.36. The quantitative estimate of drug-likeness (QED) is 0.509. The Morgan fingerprint density at radius 3 is 2.56 bits per heavy atom. The van der Waals surface area contributed by atoms with Crippen molar-refractivity contribution < 1.29 is 8.76 Å². The predicted octanol–water partition coefficient (Wildman–Crippen LogP) is 1.62. The van der Waals surface area contributed by atoms with Crippen LogP contribution in [0.5, 0.6) is 0 Å². The Morgan fingerprint density at radius 1 is 1.67 bits per heavy atom. The van der Waals surface area contributed by atoms with Crippen molar-refractivity contribution in [3.8, 4) is 0 Å².